The van der Waals surface area contributed by atoms with E-state index in [-0.39, 0.29) is 0 Å². The fraction of sp³-hybridized carbons (Fsp3) is 0.636. The Labute approximate surface area is 90.3 Å². The van der Waals surface area contributed by atoms with Gasteiger partial charge in [0, 0.05) is 12.1 Å². The molecule has 0 aliphatic heterocycles. The predicted octanol–water partition coefficient (Wildman–Crippen LogP) is 1.83. The molecule has 4 nitrogen and oxygen atoms in total. The number of nitrogens with zero attached hydrogens (tertiary/aromatic N) is 2. The molecule has 0 saturated heterocycles. The van der Waals surface area contributed by atoms with Gasteiger partial charge in [0.05, 0.1) is 0 Å². The normalized spacial score (nSPS) is 17.5. The first-order valence-corrected chi connectivity index (χ1v) is 5.49. The van der Waals surface area contributed by atoms with Crippen LogP contribution in [0.15, 0.2) is 6.33 Å². The Morgan fingerprint density at radius 3 is 2.93 bits per heavy atom. The van der Waals surface area contributed by atoms with E-state index in [4.69, 9.17) is 5.73 Å². The lowest BCUT2D eigenvalue weighted by atomic mass is 10.1. The monoisotopic (exact) mass is 206 g/mol. The van der Waals surface area contributed by atoms with Gasteiger partial charge in [-0.05, 0) is 31.6 Å². The van der Waals surface area contributed by atoms with E-state index < -0.39 is 0 Å². The van der Waals surface area contributed by atoms with E-state index in [0.717, 1.165) is 29.8 Å². The van der Waals surface area contributed by atoms with Crippen LogP contribution in [-0.2, 0) is 0 Å². The molecular weight excluding hydrogens is 188 g/mol. The van der Waals surface area contributed by atoms with Gasteiger partial charge in [-0.2, -0.15) is 0 Å². The number of anilines is 2. The molecule has 1 atom stereocenters. The number of hydrogen-bond acceptors (Lipinski definition) is 4. The maximum absolute atomic E-state index is 5.71. The Hall–Kier alpha value is -1.32. The van der Waals surface area contributed by atoms with Crippen LogP contribution in [0.1, 0.15) is 25.3 Å². The third-order valence-electron chi connectivity index (χ3n) is 3.14. The largest absolute Gasteiger partial charge is 0.383 e. The molecule has 0 aromatic carbocycles. The number of nitrogens with two attached hydrogens (primary N) is 1. The average molecular weight is 206 g/mol. The summed E-state index contributed by atoms with van der Waals surface area (Å²) in [7, 11) is 0. The minimum atomic E-state index is 0.562. The zero-order valence-electron chi connectivity index (χ0n) is 9.33. The van der Waals surface area contributed by atoms with E-state index in [9.17, 15) is 0 Å². The summed E-state index contributed by atoms with van der Waals surface area (Å²) in [5.41, 5.74) is 6.65. The molecule has 1 saturated carbocycles. The smallest absolute Gasteiger partial charge is 0.134 e. The SMILES string of the molecule is Cc1c(N)ncnc1NCC(C)C1CC1. The quantitative estimate of drug-likeness (QED) is 0.788. The molecule has 0 spiro atoms. The van der Waals surface area contributed by atoms with Crippen LogP contribution in [0.4, 0.5) is 11.6 Å². The highest BCUT2D eigenvalue weighted by molar-refractivity contribution is 5.53. The van der Waals surface area contributed by atoms with Gasteiger partial charge in [-0.25, -0.2) is 9.97 Å². The van der Waals surface area contributed by atoms with Gasteiger partial charge in [0.15, 0.2) is 0 Å². The topological polar surface area (TPSA) is 63.8 Å². The van der Waals surface area contributed by atoms with Crippen LogP contribution in [0.2, 0.25) is 0 Å². The molecule has 4 heteroatoms. The van der Waals surface area contributed by atoms with Crippen molar-refractivity contribution in [3.8, 4) is 0 Å². The van der Waals surface area contributed by atoms with Crippen LogP contribution in [0.25, 0.3) is 0 Å². The van der Waals surface area contributed by atoms with E-state index in [2.05, 4.69) is 22.2 Å². The van der Waals surface area contributed by atoms with E-state index in [1.807, 2.05) is 6.92 Å². The summed E-state index contributed by atoms with van der Waals surface area (Å²) in [4.78, 5) is 8.13. The molecule has 0 amide bonds. The molecule has 0 bridgehead atoms. The van der Waals surface area contributed by atoms with Crippen molar-refractivity contribution in [2.45, 2.75) is 26.7 Å². The Bertz CT molecular complexity index is 346. The van der Waals surface area contributed by atoms with Crippen LogP contribution >= 0.6 is 0 Å². The number of nitrogen functional groups attached to an aromatic ring is 1. The van der Waals surface area contributed by atoms with Crippen molar-refractivity contribution in [3.05, 3.63) is 11.9 Å². The molecule has 1 aromatic heterocycles. The molecule has 2 rings (SSSR count). The van der Waals surface area contributed by atoms with Crippen molar-refractivity contribution >= 4 is 11.6 Å². The maximum Gasteiger partial charge on any atom is 0.134 e. The summed E-state index contributed by atoms with van der Waals surface area (Å²) in [6.45, 7) is 5.20. The molecule has 1 fully saturated rings. The summed E-state index contributed by atoms with van der Waals surface area (Å²) in [6, 6.07) is 0. The van der Waals surface area contributed by atoms with E-state index in [1.165, 1.54) is 19.2 Å². The van der Waals surface area contributed by atoms with Gasteiger partial charge in [-0.3, -0.25) is 0 Å². The van der Waals surface area contributed by atoms with Gasteiger partial charge in [0.2, 0.25) is 0 Å². The lowest BCUT2D eigenvalue weighted by Gasteiger charge is -2.13. The van der Waals surface area contributed by atoms with E-state index >= 15 is 0 Å². The minimum Gasteiger partial charge on any atom is -0.383 e. The summed E-state index contributed by atoms with van der Waals surface area (Å²) in [5, 5.41) is 3.34. The predicted molar refractivity (Wildman–Crippen MR) is 61.6 cm³/mol. The van der Waals surface area contributed by atoms with Gasteiger partial charge < -0.3 is 11.1 Å². The highest BCUT2D eigenvalue weighted by atomic mass is 15.0. The van der Waals surface area contributed by atoms with Crippen molar-refractivity contribution < 1.29 is 0 Å². The molecule has 1 aliphatic rings. The summed E-state index contributed by atoms with van der Waals surface area (Å²) in [6.07, 6.45) is 4.27. The molecular formula is C11H18N4. The Balaban J connectivity index is 1.95. The standard InChI is InChI=1S/C11H18N4/c1-7(9-3-4-9)5-13-11-8(2)10(12)14-6-15-11/h6-7,9H,3-5H2,1-2H3,(H3,12,13,14,15). The Morgan fingerprint density at radius 2 is 2.27 bits per heavy atom. The maximum atomic E-state index is 5.71. The molecule has 1 aliphatic carbocycles. The van der Waals surface area contributed by atoms with Crippen molar-refractivity contribution in [1.82, 2.24) is 9.97 Å². The van der Waals surface area contributed by atoms with Crippen LogP contribution in [0.3, 0.4) is 0 Å². The number of hydrogen-bond donors (Lipinski definition) is 2. The van der Waals surface area contributed by atoms with Crippen molar-refractivity contribution in [2.75, 3.05) is 17.6 Å². The minimum absolute atomic E-state index is 0.562. The Kier molecular flexibility index (Phi) is 2.75. The van der Waals surface area contributed by atoms with Crippen molar-refractivity contribution in [1.29, 1.82) is 0 Å². The fourth-order valence-corrected chi connectivity index (χ4v) is 1.73. The van der Waals surface area contributed by atoms with Gasteiger partial charge in [0.25, 0.3) is 0 Å². The zero-order chi connectivity index (χ0) is 10.8. The highest BCUT2D eigenvalue weighted by Gasteiger charge is 2.27. The first-order chi connectivity index (χ1) is 7.18. The second-order valence-electron chi connectivity index (χ2n) is 4.43. The average Bonchev–Trinajstić information content (AvgIpc) is 3.03. The second-order valence-corrected chi connectivity index (χ2v) is 4.43. The van der Waals surface area contributed by atoms with Gasteiger partial charge in [0.1, 0.15) is 18.0 Å². The number of rotatable bonds is 4. The van der Waals surface area contributed by atoms with Crippen molar-refractivity contribution in [3.63, 3.8) is 0 Å². The van der Waals surface area contributed by atoms with Gasteiger partial charge >= 0.3 is 0 Å². The first-order valence-electron chi connectivity index (χ1n) is 5.49. The van der Waals surface area contributed by atoms with Crippen molar-refractivity contribution in [2.24, 2.45) is 11.8 Å². The lowest BCUT2D eigenvalue weighted by molar-refractivity contribution is 0.535. The number of aromatic nitrogens is 2. The third kappa shape index (κ3) is 2.37. The summed E-state index contributed by atoms with van der Waals surface area (Å²) >= 11 is 0. The lowest BCUT2D eigenvalue weighted by Crippen LogP contribution is -2.15. The molecule has 1 aromatic rings. The highest BCUT2D eigenvalue weighted by Crippen LogP contribution is 2.36. The van der Waals surface area contributed by atoms with Crippen LogP contribution in [0, 0.1) is 18.8 Å². The van der Waals surface area contributed by atoms with Crippen LogP contribution in [0.5, 0.6) is 0 Å². The summed E-state index contributed by atoms with van der Waals surface area (Å²) < 4.78 is 0. The molecule has 82 valence electrons. The Morgan fingerprint density at radius 1 is 1.53 bits per heavy atom. The second kappa shape index (κ2) is 4.04. The van der Waals surface area contributed by atoms with Crippen LogP contribution in [-0.4, -0.2) is 16.5 Å². The van der Waals surface area contributed by atoms with Gasteiger partial charge in [-0.15, -0.1) is 0 Å². The van der Waals surface area contributed by atoms with Gasteiger partial charge in [-0.1, -0.05) is 6.92 Å². The summed E-state index contributed by atoms with van der Waals surface area (Å²) in [5.74, 6) is 3.07. The zero-order valence-corrected chi connectivity index (χ0v) is 9.33. The molecule has 3 N–H and O–H groups in total. The molecule has 0 radical (unpaired) electrons. The van der Waals surface area contributed by atoms with Crippen LogP contribution < -0.4 is 11.1 Å². The molecule has 15 heavy (non-hydrogen) atoms. The van der Waals surface area contributed by atoms with E-state index in [1.54, 1.807) is 0 Å². The number of nitrogens with one attached hydrogen (secondary N) is 1. The molecule has 1 unspecified atom stereocenters. The fourth-order valence-electron chi connectivity index (χ4n) is 1.73. The first kappa shape index (κ1) is 10.2. The molecule has 1 heterocycles. The van der Waals surface area contributed by atoms with E-state index in [0.29, 0.717) is 5.82 Å². The third-order valence-corrected chi connectivity index (χ3v) is 3.14.